The molecule has 3 unspecified atom stereocenters. The Labute approximate surface area is 67.3 Å². The predicted molar refractivity (Wildman–Crippen MR) is 45.9 cm³/mol. The van der Waals surface area contributed by atoms with Crippen molar-refractivity contribution in [2.24, 2.45) is 10.9 Å². The molecule has 0 saturated carbocycles. The molecule has 1 fully saturated rings. The van der Waals surface area contributed by atoms with Crippen molar-refractivity contribution in [2.45, 2.75) is 25.4 Å². The number of aliphatic imine (C=N–C) groups is 1. The highest BCUT2D eigenvalue weighted by molar-refractivity contribution is 5.57. The highest BCUT2D eigenvalue weighted by Gasteiger charge is 2.28. The first-order valence-corrected chi connectivity index (χ1v) is 4.34. The third-order valence-corrected chi connectivity index (χ3v) is 2.72. The van der Waals surface area contributed by atoms with E-state index in [4.69, 9.17) is 0 Å². The molecule has 2 heterocycles. The van der Waals surface area contributed by atoms with Gasteiger partial charge in [-0.2, -0.15) is 0 Å². The molecule has 2 aliphatic rings. The van der Waals surface area contributed by atoms with Gasteiger partial charge in [-0.05, 0) is 25.8 Å². The normalized spacial score (nSPS) is 41.7. The van der Waals surface area contributed by atoms with E-state index in [2.05, 4.69) is 22.5 Å². The second kappa shape index (κ2) is 2.81. The van der Waals surface area contributed by atoms with E-state index in [-0.39, 0.29) is 0 Å². The Bertz CT molecular complexity index is 159. The van der Waals surface area contributed by atoms with E-state index in [0.717, 1.165) is 18.5 Å². The maximum Gasteiger partial charge on any atom is 0.0827 e. The standard InChI is InChI=1S/C8H15N3/c1-6-7(3-10-6)2-8-4-9-5-11-8/h5-8,10H,2-4H2,1H3,(H,9,11). The van der Waals surface area contributed by atoms with E-state index in [0.29, 0.717) is 6.04 Å². The molecule has 62 valence electrons. The van der Waals surface area contributed by atoms with Gasteiger partial charge in [0.05, 0.1) is 12.9 Å². The van der Waals surface area contributed by atoms with Crippen molar-refractivity contribution in [1.29, 1.82) is 0 Å². The fourth-order valence-electron chi connectivity index (χ4n) is 1.71. The Morgan fingerprint density at radius 2 is 2.55 bits per heavy atom. The Morgan fingerprint density at radius 3 is 3.00 bits per heavy atom. The first kappa shape index (κ1) is 7.10. The highest BCUT2D eigenvalue weighted by atomic mass is 15.1. The van der Waals surface area contributed by atoms with Crippen molar-refractivity contribution in [3.63, 3.8) is 0 Å². The molecule has 0 radical (unpaired) electrons. The quantitative estimate of drug-likeness (QED) is 0.585. The number of hydrogen-bond donors (Lipinski definition) is 2. The third-order valence-electron chi connectivity index (χ3n) is 2.72. The summed E-state index contributed by atoms with van der Waals surface area (Å²) < 4.78 is 0. The van der Waals surface area contributed by atoms with E-state index < -0.39 is 0 Å². The van der Waals surface area contributed by atoms with Crippen molar-refractivity contribution in [2.75, 3.05) is 13.1 Å². The maximum atomic E-state index is 4.14. The summed E-state index contributed by atoms with van der Waals surface area (Å²) in [6, 6.07) is 1.34. The minimum Gasteiger partial charge on any atom is -0.372 e. The van der Waals surface area contributed by atoms with Gasteiger partial charge in [-0.25, -0.2) is 0 Å². The lowest BCUT2D eigenvalue weighted by atomic mass is 9.87. The van der Waals surface area contributed by atoms with Crippen molar-refractivity contribution >= 4 is 6.34 Å². The summed E-state index contributed by atoms with van der Waals surface area (Å²) in [7, 11) is 0. The van der Waals surface area contributed by atoms with Crippen LogP contribution in [0.1, 0.15) is 13.3 Å². The summed E-state index contributed by atoms with van der Waals surface area (Å²) >= 11 is 0. The van der Waals surface area contributed by atoms with Crippen molar-refractivity contribution in [3.05, 3.63) is 0 Å². The van der Waals surface area contributed by atoms with Crippen molar-refractivity contribution in [1.82, 2.24) is 10.6 Å². The lowest BCUT2D eigenvalue weighted by molar-refractivity contribution is 0.221. The van der Waals surface area contributed by atoms with Gasteiger partial charge in [0, 0.05) is 12.1 Å². The molecular weight excluding hydrogens is 138 g/mol. The fourth-order valence-corrected chi connectivity index (χ4v) is 1.71. The molecule has 2 N–H and O–H groups in total. The van der Waals surface area contributed by atoms with Crippen LogP contribution in [0.4, 0.5) is 0 Å². The minimum atomic E-state index is 0.615. The molecule has 3 atom stereocenters. The van der Waals surface area contributed by atoms with Crippen LogP contribution >= 0.6 is 0 Å². The number of rotatable bonds is 2. The van der Waals surface area contributed by atoms with Crippen LogP contribution in [0.2, 0.25) is 0 Å². The minimum absolute atomic E-state index is 0.615. The smallest absolute Gasteiger partial charge is 0.0827 e. The molecule has 0 aromatic rings. The van der Waals surface area contributed by atoms with Crippen LogP contribution in [0.25, 0.3) is 0 Å². The molecule has 0 bridgehead atoms. The van der Waals surface area contributed by atoms with Crippen molar-refractivity contribution < 1.29 is 0 Å². The fraction of sp³-hybridized carbons (Fsp3) is 0.875. The molecule has 0 spiro atoms. The zero-order valence-corrected chi connectivity index (χ0v) is 6.88. The highest BCUT2D eigenvalue weighted by Crippen LogP contribution is 2.19. The molecule has 0 aliphatic carbocycles. The first-order chi connectivity index (χ1) is 5.36. The third kappa shape index (κ3) is 1.38. The van der Waals surface area contributed by atoms with E-state index >= 15 is 0 Å². The van der Waals surface area contributed by atoms with Crippen LogP contribution in [0, 0.1) is 5.92 Å². The summed E-state index contributed by atoms with van der Waals surface area (Å²) in [5.74, 6) is 0.870. The van der Waals surface area contributed by atoms with Crippen LogP contribution in [0.5, 0.6) is 0 Å². The second-order valence-electron chi connectivity index (χ2n) is 3.55. The molecule has 11 heavy (non-hydrogen) atoms. The molecule has 3 heteroatoms. The average molecular weight is 153 g/mol. The van der Waals surface area contributed by atoms with Gasteiger partial charge in [0.2, 0.25) is 0 Å². The van der Waals surface area contributed by atoms with E-state index in [1.54, 1.807) is 0 Å². The number of nitrogens with zero attached hydrogens (tertiary/aromatic N) is 1. The van der Waals surface area contributed by atoms with Crippen molar-refractivity contribution in [3.8, 4) is 0 Å². The van der Waals surface area contributed by atoms with Crippen LogP contribution in [0.15, 0.2) is 4.99 Å². The summed E-state index contributed by atoms with van der Waals surface area (Å²) in [6.45, 7) is 4.42. The zero-order chi connectivity index (χ0) is 7.68. The summed E-state index contributed by atoms with van der Waals surface area (Å²) in [5.41, 5.74) is 0. The second-order valence-corrected chi connectivity index (χ2v) is 3.55. The monoisotopic (exact) mass is 153 g/mol. The lowest BCUT2D eigenvalue weighted by Crippen LogP contribution is -2.52. The van der Waals surface area contributed by atoms with E-state index in [1.807, 2.05) is 6.34 Å². The summed E-state index contributed by atoms with van der Waals surface area (Å²) in [4.78, 5) is 4.14. The van der Waals surface area contributed by atoms with Gasteiger partial charge in [0.15, 0.2) is 0 Å². The Morgan fingerprint density at radius 1 is 1.64 bits per heavy atom. The summed E-state index contributed by atoms with van der Waals surface area (Å²) in [6.07, 6.45) is 3.11. The Kier molecular flexibility index (Phi) is 1.82. The van der Waals surface area contributed by atoms with Crippen LogP contribution in [-0.2, 0) is 0 Å². The molecule has 0 amide bonds. The molecule has 0 aromatic heterocycles. The van der Waals surface area contributed by atoms with Gasteiger partial charge in [-0.1, -0.05) is 0 Å². The van der Waals surface area contributed by atoms with Crippen LogP contribution in [-0.4, -0.2) is 31.5 Å². The Balaban J connectivity index is 1.73. The van der Waals surface area contributed by atoms with Gasteiger partial charge in [0.1, 0.15) is 0 Å². The molecule has 1 saturated heterocycles. The van der Waals surface area contributed by atoms with Crippen LogP contribution < -0.4 is 10.6 Å². The zero-order valence-electron chi connectivity index (χ0n) is 6.88. The van der Waals surface area contributed by atoms with Gasteiger partial charge in [-0.15, -0.1) is 0 Å². The van der Waals surface area contributed by atoms with E-state index in [9.17, 15) is 0 Å². The molecule has 3 nitrogen and oxygen atoms in total. The van der Waals surface area contributed by atoms with Gasteiger partial charge in [-0.3, -0.25) is 4.99 Å². The van der Waals surface area contributed by atoms with E-state index in [1.165, 1.54) is 13.0 Å². The van der Waals surface area contributed by atoms with Gasteiger partial charge < -0.3 is 10.6 Å². The molecule has 2 rings (SSSR count). The summed E-state index contributed by atoms with van der Waals surface area (Å²) in [5, 5.41) is 6.62. The predicted octanol–water partition coefficient (Wildman–Crippen LogP) is -0.0155. The van der Waals surface area contributed by atoms with Crippen LogP contribution in [0.3, 0.4) is 0 Å². The number of hydrogen-bond acceptors (Lipinski definition) is 3. The maximum absolute atomic E-state index is 4.14. The van der Waals surface area contributed by atoms with Gasteiger partial charge >= 0.3 is 0 Å². The topological polar surface area (TPSA) is 36.4 Å². The SMILES string of the molecule is CC1NCC1CC1CN=CN1. The molecule has 2 aliphatic heterocycles. The lowest BCUT2D eigenvalue weighted by Gasteiger charge is -2.36. The Hall–Kier alpha value is -0.570. The molecular formula is C8H15N3. The average Bonchev–Trinajstić information content (AvgIpc) is 2.49. The first-order valence-electron chi connectivity index (χ1n) is 4.34. The molecule has 0 aromatic carbocycles. The van der Waals surface area contributed by atoms with Gasteiger partial charge in [0.25, 0.3) is 0 Å². The largest absolute Gasteiger partial charge is 0.372 e. The number of nitrogens with one attached hydrogen (secondary N) is 2.